The number of rotatable bonds is 4. The van der Waals surface area contributed by atoms with E-state index in [0.717, 1.165) is 16.1 Å². The molecule has 1 aliphatic rings. The number of hydrogen-bond donors (Lipinski definition) is 2. The molecule has 7 nitrogen and oxygen atoms in total. The molecule has 118 valence electrons. The molecule has 0 aromatic carbocycles. The van der Waals surface area contributed by atoms with Crippen molar-refractivity contribution < 1.29 is 14.4 Å². The number of carbonyl (C=O) groups excluding carboxylic acids is 3. The number of aryl methyl sites for hydroxylation is 1. The number of nitrogens with two attached hydrogens (primary N) is 1. The highest BCUT2D eigenvalue weighted by atomic mass is 32.1. The molecule has 22 heavy (non-hydrogen) atoms. The number of amidine groups is 1. The van der Waals surface area contributed by atoms with Crippen molar-refractivity contribution in [1.82, 2.24) is 10.2 Å². The molecule has 0 saturated carbocycles. The molecule has 3 N–H and O–H groups in total. The molecule has 0 radical (unpaired) electrons. The molecule has 0 aliphatic carbocycles. The van der Waals surface area contributed by atoms with Crippen LogP contribution in [0.1, 0.15) is 30.2 Å². The lowest BCUT2D eigenvalue weighted by Gasteiger charge is -2.29. The van der Waals surface area contributed by atoms with Crippen LogP contribution in [0.5, 0.6) is 0 Å². The molecular weight excluding hydrogens is 304 g/mol. The molecule has 1 atom stereocenters. The lowest BCUT2D eigenvalue weighted by atomic mass is 10.0. The molecule has 3 amide bonds. The van der Waals surface area contributed by atoms with E-state index in [1.54, 1.807) is 6.92 Å². The summed E-state index contributed by atoms with van der Waals surface area (Å²) >= 11 is 1.51. The van der Waals surface area contributed by atoms with E-state index in [4.69, 9.17) is 5.73 Å². The van der Waals surface area contributed by atoms with Gasteiger partial charge in [0.25, 0.3) is 0 Å². The third-order valence-corrected chi connectivity index (χ3v) is 4.62. The van der Waals surface area contributed by atoms with Crippen LogP contribution in [0.3, 0.4) is 0 Å². The van der Waals surface area contributed by atoms with Crippen molar-refractivity contribution in [1.29, 1.82) is 0 Å². The molecule has 0 spiro atoms. The molecule has 2 rings (SSSR count). The predicted octanol–water partition coefficient (Wildman–Crippen LogP) is 0.829. The average Bonchev–Trinajstić information content (AvgIpc) is 2.82. The molecule has 1 fully saturated rings. The number of thiophene rings is 1. The molecule has 1 unspecified atom stereocenters. The van der Waals surface area contributed by atoms with Crippen molar-refractivity contribution in [2.75, 3.05) is 0 Å². The van der Waals surface area contributed by atoms with Crippen molar-refractivity contribution in [2.45, 2.75) is 39.3 Å². The van der Waals surface area contributed by atoms with Crippen LogP contribution < -0.4 is 11.1 Å². The Hall–Kier alpha value is -2.06. The maximum absolute atomic E-state index is 11.9. The Morgan fingerprint density at radius 1 is 1.59 bits per heavy atom. The van der Waals surface area contributed by atoms with Crippen LogP contribution in [0, 0.1) is 6.92 Å². The van der Waals surface area contributed by atoms with E-state index >= 15 is 0 Å². The number of hydrogen-bond acceptors (Lipinski definition) is 6. The number of aliphatic imine (C=N–C) groups is 1. The van der Waals surface area contributed by atoms with Crippen molar-refractivity contribution in [3.8, 4) is 0 Å². The molecule has 1 aromatic heterocycles. The maximum Gasteiger partial charge on any atom is 0.249 e. The first-order valence-corrected chi connectivity index (χ1v) is 7.75. The first-order chi connectivity index (χ1) is 10.5. The summed E-state index contributed by atoms with van der Waals surface area (Å²) in [6.45, 7) is 3.94. The summed E-state index contributed by atoms with van der Waals surface area (Å²) in [5, 5.41) is 4.19. The quantitative estimate of drug-likeness (QED) is 0.371. The van der Waals surface area contributed by atoms with Gasteiger partial charge in [-0.15, -0.1) is 11.3 Å². The number of nitrogens with zero attached hydrogens (tertiary/aromatic N) is 2. The zero-order chi connectivity index (χ0) is 16.3. The molecule has 1 aromatic rings. The molecule has 2 heterocycles. The van der Waals surface area contributed by atoms with Crippen LogP contribution in [0.25, 0.3) is 0 Å². The normalized spacial score (nSPS) is 19.0. The van der Waals surface area contributed by atoms with E-state index in [9.17, 15) is 14.4 Å². The van der Waals surface area contributed by atoms with Crippen LogP contribution in [0.2, 0.25) is 0 Å². The number of imide groups is 1. The summed E-state index contributed by atoms with van der Waals surface area (Å²) in [6.07, 6.45) is 1.07. The Kier molecular flexibility index (Phi) is 5.04. The van der Waals surface area contributed by atoms with E-state index < -0.39 is 11.9 Å². The summed E-state index contributed by atoms with van der Waals surface area (Å²) < 4.78 is 0. The molecule has 0 bridgehead atoms. The van der Waals surface area contributed by atoms with Gasteiger partial charge in [-0.3, -0.25) is 24.6 Å². The van der Waals surface area contributed by atoms with Gasteiger partial charge in [0, 0.05) is 17.8 Å². The predicted molar refractivity (Wildman–Crippen MR) is 83.8 cm³/mol. The number of piperidine rings is 1. The monoisotopic (exact) mass is 322 g/mol. The van der Waals surface area contributed by atoms with E-state index in [-0.39, 0.29) is 12.3 Å². The minimum absolute atomic E-state index is 0.208. The zero-order valence-corrected chi connectivity index (χ0v) is 13.3. The van der Waals surface area contributed by atoms with Crippen LogP contribution in [0.15, 0.2) is 10.4 Å². The first kappa shape index (κ1) is 16.3. The minimum Gasteiger partial charge on any atom is -0.326 e. The first-order valence-electron chi connectivity index (χ1n) is 6.87. The van der Waals surface area contributed by atoms with Gasteiger partial charge in [-0.05, 0) is 31.2 Å². The van der Waals surface area contributed by atoms with Crippen molar-refractivity contribution in [2.24, 2.45) is 10.7 Å². The van der Waals surface area contributed by atoms with E-state index in [0.29, 0.717) is 25.2 Å². The third kappa shape index (κ3) is 3.23. The van der Waals surface area contributed by atoms with Crippen LogP contribution in [-0.4, -0.2) is 35.0 Å². The Morgan fingerprint density at radius 3 is 2.91 bits per heavy atom. The number of nitrogens with one attached hydrogen (secondary N) is 1. The highest BCUT2D eigenvalue weighted by molar-refractivity contribution is 7.10. The van der Waals surface area contributed by atoms with Gasteiger partial charge in [-0.25, -0.2) is 4.99 Å². The summed E-state index contributed by atoms with van der Waals surface area (Å²) in [5.74, 6) is -0.388. The van der Waals surface area contributed by atoms with E-state index in [1.165, 1.54) is 16.2 Å². The summed E-state index contributed by atoms with van der Waals surface area (Å²) in [6, 6.07) is -0.709. The SMILES string of the molecule is C/C(=N/c1c(C)csc1CN)N(C=O)C1CCC(=O)NC1=O. The fraction of sp³-hybridized carbons (Fsp3) is 0.429. The summed E-state index contributed by atoms with van der Waals surface area (Å²) in [5.41, 5.74) is 7.40. The average molecular weight is 322 g/mol. The van der Waals surface area contributed by atoms with Gasteiger partial charge in [0.05, 0.1) is 5.69 Å². The summed E-state index contributed by atoms with van der Waals surface area (Å²) in [7, 11) is 0. The van der Waals surface area contributed by atoms with Gasteiger partial charge in [-0.1, -0.05) is 0 Å². The fourth-order valence-corrected chi connectivity index (χ4v) is 3.17. The smallest absolute Gasteiger partial charge is 0.249 e. The van der Waals surface area contributed by atoms with E-state index in [1.807, 2.05) is 12.3 Å². The standard InChI is InChI=1S/C14H18N4O3S/c1-8-6-22-11(5-15)13(8)16-9(2)18(7-19)10-3-4-12(20)17-14(10)21/h6-7,10H,3-5,15H2,1-2H3,(H,17,20,21)/b16-9-. The Balaban J connectivity index is 2.28. The highest BCUT2D eigenvalue weighted by Crippen LogP contribution is 2.30. The Bertz CT molecular complexity index is 638. The number of carbonyl (C=O) groups is 3. The van der Waals surface area contributed by atoms with Gasteiger partial charge in [0.1, 0.15) is 11.9 Å². The second-order valence-corrected chi connectivity index (χ2v) is 6.00. The van der Waals surface area contributed by atoms with Crippen LogP contribution in [-0.2, 0) is 20.9 Å². The van der Waals surface area contributed by atoms with Crippen molar-refractivity contribution >= 4 is 41.1 Å². The maximum atomic E-state index is 11.9. The van der Waals surface area contributed by atoms with Gasteiger partial charge < -0.3 is 5.73 Å². The van der Waals surface area contributed by atoms with Crippen molar-refractivity contribution in [3.05, 3.63) is 15.8 Å². The Morgan fingerprint density at radius 2 is 2.32 bits per heavy atom. The summed E-state index contributed by atoms with van der Waals surface area (Å²) in [4.78, 5) is 41.1. The fourth-order valence-electron chi connectivity index (χ4n) is 2.33. The zero-order valence-electron chi connectivity index (χ0n) is 12.5. The van der Waals surface area contributed by atoms with E-state index in [2.05, 4.69) is 10.3 Å². The molecule has 1 saturated heterocycles. The van der Waals surface area contributed by atoms with Crippen LogP contribution in [0.4, 0.5) is 5.69 Å². The molecule has 1 aliphatic heterocycles. The molecular formula is C14H18N4O3S. The second-order valence-electron chi connectivity index (χ2n) is 5.03. The van der Waals surface area contributed by atoms with Gasteiger partial charge >= 0.3 is 0 Å². The highest BCUT2D eigenvalue weighted by Gasteiger charge is 2.32. The Labute approximate surface area is 132 Å². The third-order valence-electron chi connectivity index (χ3n) is 3.51. The second kappa shape index (κ2) is 6.80. The van der Waals surface area contributed by atoms with Crippen molar-refractivity contribution in [3.63, 3.8) is 0 Å². The van der Waals surface area contributed by atoms with Crippen LogP contribution >= 0.6 is 11.3 Å². The van der Waals surface area contributed by atoms with Gasteiger partial charge in [0.2, 0.25) is 18.2 Å². The number of amides is 3. The molecule has 8 heteroatoms. The topological polar surface area (TPSA) is 105 Å². The lowest BCUT2D eigenvalue weighted by Crippen LogP contribution is -2.53. The largest absolute Gasteiger partial charge is 0.326 e. The minimum atomic E-state index is -0.709. The lowest BCUT2D eigenvalue weighted by molar-refractivity contribution is -0.138. The van der Waals surface area contributed by atoms with Gasteiger partial charge in [0.15, 0.2) is 0 Å². The van der Waals surface area contributed by atoms with Gasteiger partial charge in [-0.2, -0.15) is 0 Å².